The zero-order chi connectivity index (χ0) is 15.8. The number of hydrogen-bond acceptors (Lipinski definition) is 4. The summed E-state index contributed by atoms with van der Waals surface area (Å²) in [5, 5.41) is 3.25. The summed E-state index contributed by atoms with van der Waals surface area (Å²) in [4.78, 5) is 2.28. The zero-order valence-electron chi connectivity index (χ0n) is 13.6. The van der Waals surface area contributed by atoms with E-state index in [2.05, 4.69) is 31.1 Å². The van der Waals surface area contributed by atoms with Crippen LogP contribution in [0.1, 0.15) is 33.6 Å². The molecular weight excluding hydrogens is 269 g/mol. The number of ether oxygens (including phenoxy) is 1. The van der Waals surface area contributed by atoms with Gasteiger partial charge in [-0.05, 0) is 26.8 Å². The van der Waals surface area contributed by atoms with E-state index in [-0.39, 0.29) is 5.75 Å². The van der Waals surface area contributed by atoms with E-state index in [1.807, 2.05) is 6.92 Å². The predicted molar refractivity (Wildman–Crippen MR) is 87.5 cm³/mol. The summed E-state index contributed by atoms with van der Waals surface area (Å²) >= 11 is 0. The van der Waals surface area contributed by atoms with Crippen molar-refractivity contribution in [3.63, 3.8) is 0 Å². The molecule has 0 bridgehead atoms. The molecule has 0 fully saturated rings. The second kappa shape index (κ2) is 8.72. The molecule has 21 heavy (non-hydrogen) atoms. The number of rotatable bonds is 9. The van der Waals surface area contributed by atoms with Gasteiger partial charge in [0.05, 0.1) is 18.0 Å². The summed E-state index contributed by atoms with van der Waals surface area (Å²) in [5.74, 6) is -0.160. The smallest absolute Gasteiger partial charge is 0.167 e. The molecule has 0 aliphatic carbocycles. The Kier molecular flexibility index (Phi) is 7.29. The minimum atomic E-state index is -0.414. The van der Waals surface area contributed by atoms with Crippen molar-refractivity contribution in [2.75, 3.05) is 37.8 Å². The number of nitrogen functional groups attached to an aromatic ring is 1. The third-order valence-electron chi connectivity index (χ3n) is 3.69. The van der Waals surface area contributed by atoms with Gasteiger partial charge in [0.2, 0.25) is 0 Å². The van der Waals surface area contributed by atoms with E-state index in [4.69, 9.17) is 10.5 Å². The van der Waals surface area contributed by atoms with Crippen LogP contribution in [0.4, 0.5) is 15.8 Å². The Labute approximate surface area is 127 Å². The van der Waals surface area contributed by atoms with Crippen molar-refractivity contribution in [2.45, 2.75) is 39.7 Å². The topological polar surface area (TPSA) is 50.5 Å². The quantitative estimate of drug-likeness (QED) is 0.686. The van der Waals surface area contributed by atoms with E-state index in [9.17, 15) is 4.39 Å². The molecule has 0 saturated heterocycles. The second-order valence-corrected chi connectivity index (χ2v) is 5.38. The van der Waals surface area contributed by atoms with Gasteiger partial charge in [-0.1, -0.05) is 13.8 Å². The highest BCUT2D eigenvalue weighted by Crippen LogP contribution is 2.28. The molecule has 1 rings (SSSR count). The van der Waals surface area contributed by atoms with Gasteiger partial charge in [0.25, 0.3) is 0 Å². The van der Waals surface area contributed by atoms with E-state index in [1.165, 1.54) is 6.07 Å². The van der Waals surface area contributed by atoms with Crippen LogP contribution >= 0.6 is 0 Å². The lowest BCUT2D eigenvalue weighted by Gasteiger charge is -2.24. The lowest BCUT2D eigenvalue weighted by Crippen LogP contribution is -2.32. The minimum Gasteiger partial charge on any atom is -0.490 e. The number of nitrogens with one attached hydrogen (secondary N) is 1. The molecule has 3 N–H and O–H groups in total. The molecule has 0 radical (unpaired) electrons. The van der Waals surface area contributed by atoms with Crippen LogP contribution in [0.15, 0.2) is 12.1 Å². The second-order valence-electron chi connectivity index (χ2n) is 5.38. The SMILES string of the molecule is CCCOc1cc(NCCN(C)C(C)CC)c(N)cc1F. The lowest BCUT2D eigenvalue weighted by molar-refractivity contribution is 0.261. The summed E-state index contributed by atoms with van der Waals surface area (Å²) in [6, 6.07) is 3.50. The molecule has 4 nitrogen and oxygen atoms in total. The molecule has 1 unspecified atom stereocenters. The van der Waals surface area contributed by atoms with E-state index in [0.717, 1.165) is 31.6 Å². The third-order valence-corrected chi connectivity index (χ3v) is 3.69. The first-order valence-electron chi connectivity index (χ1n) is 7.65. The first kappa shape index (κ1) is 17.6. The molecule has 0 aliphatic rings. The number of anilines is 2. The Morgan fingerprint density at radius 3 is 2.71 bits per heavy atom. The maximum atomic E-state index is 13.7. The van der Waals surface area contributed by atoms with Crippen molar-refractivity contribution in [2.24, 2.45) is 0 Å². The fourth-order valence-electron chi connectivity index (χ4n) is 1.94. The van der Waals surface area contributed by atoms with Gasteiger partial charge in [-0.25, -0.2) is 4.39 Å². The average molecular weight is 297 g/mol. The van der Waals surface area contributed by atoms with Crippen molar-refractivity contribution < 1.29 is 9.13 Å². The van der Waals surface area contributed by atoms with E-state index < -0.39 is 5.82 Å². The van der Waals surface area contributed by atoms with Gasteiger partial charge in [0.1, 0.15) is 0 Å². The zero-order valence-corrected chi connectivity index (χ0v) is 13.6. The summed E-state index contributed by atoms with van der Waals surface area (Å²) in [5.41, 5.74) is 6.98. The Bertz CT molecular complexity index is 440. The predicted octanol–water partition coefficient (Wildman–Crippen LogP) is 3.34. The average Bonchev–Trinajstić information content (AvgIpc) is 2.47. The van der Waals surface area contributed by atoms with Crippen LogP contribution in [0.5, 0.6) is 5.75 Å². The fraction of sp³-hybridized carbons (Fsp3) is 0.625. The Balaban J connectivity index is 2.61. The Morgan fingerprint density at radius 1 is 1.38 bits per heavy atom. The van der Waals surface area contributed by atoms with E-state index in [0.29, 0.717) is 18.3 Å². The molecule has 1 atom stereocenters. The molecule has 5 heteroatoms. The van der Waals surface area contributed by atoms with Crippen molar-refractivity contribution in [1.29, 1.82) is 0 Å². The van der Waals surface area contributed by atoms with Crippen LogP contribution in [0.25, 0.3) is 0 Å². The summed E-state index contributed by atoms with van der Waals surface area (Å²) in [6.07, 6.45) is 1.95. The van der Waals surface area contributed by atoms with Crippen LogP contribution in [0.3, 0.4) is 0 Å². The molecule has 0 aromatic heterocycles. The van der Waals surface area contributed by atoms with Gasteiger partial charge >= 0.3 is 0 Å². The van der Waals surface area contributed by atoms with Crippen molar-refractivity contribution >= 4 is 11.4 Å². The monoisotopic (exact) mass is 297 g/mol. The van der Waals surface area contributed by atoms with Gasteiger partial charge in [-0.3, -0.25) is 0 Å². The maximum Gasteiger partial charge on any atom is 0.167 e. The van der Waals surface area contributed by atoms with Crippen LogP contribution in [0.2, 0.25) is 0 Å². The van der Waals surface area contributed by atoms with Crippen molar-refractivity contribution in [1.82, 2.24) is 4.90 Å². The molecule has 0 heterocycles. The number of halogens is 1. The Morgan fingerprint density at radius 2 is 2.10 bits per heavy atom. The highest BCUT2D eigenvalue weighted by atomic mass is 19.1. The fourth-order valence-corrected chi connectivity index (χ4v) is 1.94. The number of hydrogen-bond donors (Lipinski definition) is 2. The summed E-state index contributed by atoms with van der Waals surface area (Å²) < 4.78 is 19.1. The number of likely N-dealkylation sites (N-methyl/N-ethyl adjacent to an activating group) is 1. The molecule has 0 amide bonds. The highest BCUT2D eigenvalue weighted by molar-refractivity contribution is 5.68. The van der Waals surface area contributed by atoms with Crippen LogP contribution in [-0.2, 0) is 0 Å². The third kappa shape index (κ3) is 5.42. The van der Waals surface area contributed by atoms with Gasteiger partial charge in [0.15, 0.2) is 11.6 Å². The summed E-state index contributed by atoms with van der Waals surface area (Å²) in [7, 11) is 2.10. The Hall–Kier alpha value is -1.49. The first-order valence-corrected chi connectivity index (χ1v) is 7.65. The number of nitrogens with two attached hydrogens (primary N) is 1. The van der Waals surface area contributed by atoms with Gasteiger partial charge in [-0.2, -0.15) is 0 Å². The van der Waals surface area contributed by atoms with Gasteiger partial charge in [0, 0.05) is 31.3 Å². The molecule has 0 aliphatic heterocycles. The van der Waals surface area contributed by atoms with Crippen molar-refractivity contribution in [3.05, 3.63) is 17.9 Å². The normalized spacial score (nSPS) is 12.5. The van der Waals surface area contributed by atoms with Crippen molar-refractivity contribution in [3.8, 4) is 5.75 Å². The summed E-state index contributed by atoms with van der Waals surface area (Å²) in [6.45, 7) is 8.50. The molecule has 120 valence electrons. The number of nitrogens with zero attached hydrogens (tertiary/aromatic N) is 1. The molecular formula is C16H28FN3O. The van der Waals surface area contributed by atoms with Crippen LogP contribution < -0.4 is 15.8 Å². The minimum absolute atomic E-state index is 0.254. The van der Waals surface area contributed by atoms with Gasteiger partial charge < -0.3 is 20.7 Å². The highest BCUT2D eigenvalue weighted by Gasteiger charge is 2.10. The lowest BCUT2D eigenvalue weighted by atomic mass is 10.2. The largest absolute Gasteiger partial charge is 0.490 e. The van der Waals surface area contributed by atoms with Gasteiger partial charge in [-0.15, -0.1) is 0 Å². The van der Waals surface area contributed by atoms with Crippen LogP contribution in [0, 0.1) is 5.82 Å². The maximum absolute atomic E-state index is 13.7. The van der Waals surface area contributed by atoms with Crippen LogP contribution in [-0.4, -0.2) is 37.7 Å². The molecule has 0 spiro atoms. The molecule has 1 aromatic carbocycles. The molecule has 0 saturated carbocycles. The first-order chi connectivity index (χ1) is 9.99. The molecule has 1 aromatic rings. The standard InChI is InChI=1S/C16H28FN3O/c1-5-9-21-16-11-15(14(18)10-13(16)17)19-7-8-20(4)12(3)6-2/h10-12,19H,5-9,18H2,1-4H3. The van der Waals surface area contributed by atoms with E-state index >= 15 is 0 Å². The number of benzene rings is 1. The van der Waals surface area contributed by atoms with E-state index in [1.54, 1.807) is 6.07 Å².